The molecule has 2 saturated heterocycles. The second-order valence-electron chi connectivity index (χ2n) is 14.1. The number of carbonyl (C=O) groups excluding carboxylic acids is 1. The highest BCUT2D eigenvalue weighted by molar-refractivity contribution is 14.1. The molecule has 7 nitrogen and oxygen atoms in total. The van der Waals surface area contributed by atoms with Crippen molar-refractivity contribution in [3.63, 3.8) is 0 Å². The Labute approximate surface area is 282 Å². The zero-order valence-electron chi connectivity index (χ0n) is 27.3. The number of nitrogens with one attached hydrogen (secondary N) is 1. The second kappa shape index (κ2) is 14.2. The lowest BCUT2D eigenvalue weighted by molar-refractivity contribution is -0.220. The molecule has 1 amide bonds. The van der Waals surface area contributed by atoms with Gasteiger partial charge in [-0.3, -0.25) is 9.79 Å². The Morgan fingerprint density at radius 2 is 1.58 bits per heavy atom. The first-order valence-corrected chi connectivity index (χ1v) is 17.1. The Morgan fingerprint density at radius 3 is 2.16 bits per heavy atom. The summed E-state index contributed by atoms with van der Waals surface area (Å²) >= 11 is 2.28. The maximum atomic E-state index is 12.6. The number of carbonyl (C=O) groups is 1. The number of rotatable bonds is 10. The van der Waals surface area contributed by atoms with Gasteiger partial charge in [-0.25, -0.2) is 0 Å². The van der Waals surface area contributed by atoms with Crippen molar-refractivity contribution < 1.29 is 23.7 Å². The number of allylic oxidation sites excluding steroid dienone is 1. The largest absolute Gasteiger partial charge is 0.375 e. The molecule has 0 aromatic heterocycles. The summed E-state index contributed by atoms with van der Waals surface area (Å²) in [5.41, 5.74) is 3.81. The van der Waals surface area contributed by atoms with Crippen LogP contribution in [0.15, 0.2) is 87.2 Å². The van der Waals surface area contributed by atoms with Gasteiger partial charge in [-0.15, -0.1) is 0 Å². The van der Waals surface area contributed by atoms with Gasteiger partial charge < -0.3 is 24.3 Å². The highest BCUT2D eigenvalue weighted by atomic mass is 127. The fourth-order valence-electron chi connectivity index (χ4n) is 6.37. The molecule has 3 aliphatic heterocycles. The van der Waals surface area contributed by atoms with Crippen LogP contribution in [0.25, 0.3) is 0 Å². The Bertz CT molecular complexity index is 1420. The highest BCUT2D eigenvalue weighted by Crippen LogP contribution is 2.49. The molecule has 2 aromatic carbocycles. The molecule has 0 bridgehead atoms. The van der Waals surface area contributed by atoms with Gasteiger partial charge in [0.05, 0.1) is 55.5 Å². The number of hydrogen-bond acceptors (Lipinski definition) is 6. The van der Waals surface area contributed by atoms with Crippen molar-refractivity contribution in [1.29, 1.82) is 0 Å². The number of hydrogen-bond donors (Lipinski definition) is 1. The van der Waals surface area contributed by atoms with Gasteiger partial charge in [0.2, 0.25) is 5.91 Å². The average molecular weight is 727 g/mol. The molecule has 45 heavy (non-hydrogen) atoms. The number of aliphatic imine (C=N–C) groups is 1. The van der Waals surface area contributed by atoms with Gasteiger partial charge in [-0.05, 0) is 49.0 Å². The van der Waals surface area contributed by atoms with Crippen molar-refractivity contribution >= 4 is 34.2 Å². The number of benzene rings is 2. The standard InChI is InChI=1S/C37H47IN2O5/c1-25-29(42-22-26-13-9-7-10-14-26)18-30(43-23-27-15-11-8-12-16-27)34(45-25)37(6)19-28(39-32(37)21-38)17-31-36(5,20-33(41)40-31)24-44-35(2,3)4/h7-17,21,25,29-30,34H,18-20,22-24H2,1-6H3,(H,40,41)/b31-17-,32-21-/t25-,29-,30-,34?,36?,37+/m1/s1. The summed E-state index contributed by atoms with van der Waals surface area (Å²) in [7, 11) is 0. The summed E-state index contributed by atoms with van der Waals surface area (Å²) in [6, 6.07) is 20.5. The van der Waals surface area contributed by atoms with Gasteiger partial charge in [0.1, 0.15) is 0 Å². The maximum Gasteiger partial charge on any atom is 0.225 e. The van der Waals surface area contributed by atoms with E-state index in [-0.39, 0.29) is 35.9 Å². The molecule has 0 radical (unpaired) electrons. The first kappa shape index (κ1) is 34.0. The number of nitrogens with zero attached hydrogens (tertiary/aromatic N) is 1. The zero-order chi connectivity index (χ0) is 32.2. The van der Waals surface area contributed by atoms with E-state index in [0.29, 0.717) is 39.1 Å². The predicted octanol–water partition coefficient (Wildman–Crippen LogP) is 7.69. The van der Waals surface area contributed by atoms with Gasteiger partial charge in [-0.1, -0.05) is 97.1 Å². The summed E-state index contributed by atoms with van der Waals surface area (Å²) in [4.78, 5) is 17.7. The van der Waals surface area contributed by atoms with E-state index in [1.807, 2.05) is 57.2 Å². The first-order valence-electron chi connectivity index (χ1n) is 15.9. The van der Waals surface area contributed by atoms with Crippen molar-refractivity contribution in [2.45, 2.75) is 104 Å². The first-order chi connectivity index (χ1) is 21.4. The summed E-state index contributed by atoms with van der Waals surface area (Å²) in [5, 5.41) is 3.10. The van der Waals surface area contributed by atoms with Crippen LogP contribution in [0.3, 0.4) is 0 Å². The van der Waals surface area contributed by atoms with Crippen LogP contribution in [0.5, 0.6) is 0 Å². The molecule has 0 spiro atoms. The number of halogens is 1. The molecule has 3 heterocycles. The van der Waals surface area contributed by atoms with Crippen LogP contribution < -0.4 is 5.32 Å². The lowest BCUT2D eigenvalue weighted by Gasteiger charge is -2.46. The van der Waals surface area contributed by atoms with Gasteiger partial charge in [-0.2, -0.15) is 0 Å². The van der Waals surface area contributed by atoms with E-state index in [9.17, 15) is 4.79 Å². The smallest absolute Gasteiger partial charge is 0.225 e. The zero-order valence-corrected chi connectivity index (χ0v) is 29.5. The lowest BCUT2D eigenvalue weighted by Crippen LogP contribution is -2.54. The van der Waals surface area contributed by atoms with Crippen molar-refractivity contribution in [3.05, 3.63) is 93.3 Å². The minimum atomic E-state index is -0.444. The number of ether oxygens (including phenoxy) is 4. The summed E-state index contributed by atoms with van der Waals surface area (Å²) < 4.78 is 28.2. The fraction of sp³-hybridized carbons (Fsp3) is 0.514. The minimum Gasteiger partial charge on any atom is -0.375 e. The Balaban J connectivity index is 1.37. The van der Waals surface area contributed by atoms with E-state index in [4.69, 9.17) is 23.9 Å². The maximum absolute atomic E-state index is 12.6. The van der Waals surface area contributed by atoms with Crippen molar-refractivity contribution in [2.24, 2.45) is 15.8 Å². The molecule has 3 aliphatic rings. The van der Waals surface area contributed by atoms with Crippen LogP contribution in [0.2, 0.25) is 0 Å². The lowest BCUT2D eigenvalue weighted by atomic mass is 9.74. The highest BCUT2D eigenvalue weighted by Gasteiger charge is 2.52. The molecule has 242 valence electrons. The molecule has 6 atom stereocenters. The van der Waals surface area contributed by atoms with Gasteiger partial charge in [0.25, 0.3) is 0 Å². The molecule has 8 heteroatoms. The van der Waals surface area contributed by atoms with E-state index >= 15 is 0 Å². The van der Waals surface area contributed by atoms with E-state index in [2.05, 4.69) is 83.1 Å². The minimum absolute atomic E-state index is 0.00707. The van der Waals surface area contributed by atoms with Crippen molar-refractivity contribution in [1.82, 2.24) is 5.32 Å². The normalized spacial score (nSPS) is 32.2. The molecule has 5 rings (SSSR count). The third-order valence-corrected chi connectivity index (χ3v) is 9.63. The molecule has 0 saturated carbocycles. The van der Waals surface area contributed by atoms with Crippen LogP contribution >= 0.6 is 22.6 Å². The van der Waals surface area contributed by atoms with E-state index in [1.54, 1.807) is 0 Å². The molecule has 1 N–H and O–H groups in total. The van der Waals surface area contributed by atoms with Crippen LogP contribution in [0.4, 0.5) is 0 Å². The fourth-order valence-corrected chi connectivity index (χ4v) is 7.22. The van der Waals surface area contributed by atoms with Crippen LogP contribution in [-0.4, -0.2) is 48.2 Å². The molecule has 0 aliphatic carbocycles. The third kappa shape index (κ3) is 8.32. The SMILES string of the molecule is C[C@H]1OC([C@@]2(C)CC(/C=C3\NC(=O)CC3(C)COC(C)(C)C)=NC/2=C\I)[C@H](OCc2ccccc2)C[C@H]1OCc1ccccc1. The molecule has 2 unspecified atom stereocenters. The van der Waals surface area contributed by atoms with Gasteiger partial charge >= 0.3 is 0 Å². The molecular weight excluding hydrogens is 679 g/mol. The van der Waals surface area contributed by atoms with Crippen LogP contribution in [0, 0.1) is 10.8 Å². The topological polar surface area (TPSA) is 78.4 Å². The Hall–Kier alpha value is -2.37. The summed E-state index contributed by atoms with van der Waals surface area (Å²) in [5.74, 6) is 0.00707. The van der Waals surface area contributed by atoms with E-state index in [0.717, 1.165) is 28.2 Å². The Morgan fingerprint density at radius 1 is 0.978 bits per heavy atom. The Kier molecular flexibility index (Phi) is 10.7. The monoisotopic (exact) mass is 726 g/mol. The predicted molar refractivity (Wildman–Crippen MR) is 186 cm³/mol. The van der Waals surface area contributed by atoms with Crippen molar-refractivity contribution in [2.75, 3.05) is 6.61 Å². The summed E-state index contributed by atoms with van der Waals surface area (Å²) in [6.45, 7) is 14.0. The summed E-state index contributed by atoms with van der Waals surface area (Å²) in [6.07, 6.45) is 3.12. The van der Waals surface area contributed by atoms with Crippen LogP contribution in [-0.2, 0) is 37.0 Å². The average Bonchev–Trinajstić information content (AvgIpc) is 3.49. The van der Waals surface area contributed by atoms with Gasteiger partial charge in [0.15, 0.2) is 0 Å². The molecule has 2 fully saturated rings. The van der Waals surface area contributed by atoms with Gasteiger partial charge in [0, 0.05) is 41.5 Å². The van der Waals surface area contributed by atoms with Crippen LogP contribution in [0.1, 0.15) is 71.9 Å². The second-order valence-corrected chi connectivity index (χ2v) is 14.7. The van der Waals surface area contributed by atoms with Crippen molar-refractivity contribution in [3.8, 4) is 0 Å². The molecular formula is C37H47IN2O5. The third-order valence-electron chi connectivity index (χ3n) is 9.04. The van der Waals surface area contributed by atoms with E-state index in [1.165, 1.54) is 0 Å². The quantitative estimate of drug-likeness (QED) is 0.254. The van der Waals surface area contributed by atoms with E-state index < -0.39 is 10.8 Å². The number of amides is 1. The molecule has 2 aromatic rings.